The van der Waals surface area contributed by atoms with Gasteiger partial charge in [-0.05, 0) is 48.4 Å². The Hall–Kier alpha value is -3.69. The van der Waals surface area contributed by atoms with Crippen molar-refractivity contribution < 1.29 is 22.4 Å². The third-order valence-electron chi connectivity index (χ3n) is 5.71. The van der Waals surface area contributed by atoms with Crippen LogP contribution >= 0.6 is 0 Å². The zero-order chi connectivity index (χ0) is 23.8. The maximum Gasteiger partial charge on any atom is 0.416 e. The highest BCUT2D eigenvalue weighted by Gasteiger charge is 2.49. The molecule has 1 aromatic heterocycles. The maximum atomic E-state index is 13.5. The van der Waals surface area contributed by atoms with Crippen molar-refractivity contribution in [2.75, 3.05) is 11.9 Å². The highest BCUT2D eigenvalue weighted by atomic mass is 19.4. The monoisotopic (exact) mass is 459 g/mol. The summed E-state index contributed by atoms with van der Waals surface area (Å²) < 4.78 is 53.7. The number of alkyl halides is 3. The molecule has 4 rings (SSSR count). The van der Waals surface area contributed by atoms with Crippen LogP contribution in [0.25, 0.3) is 0 Å². The fraction of sp³-hybridized carbons (Fsp3) is 0.261. The molecule has 0 saturated heterocycles. The molecule has 3 aromatic rings. The normalized spacial score (nSPS) is 18.5. The number of anilines is 1. The van der Waals surface area contributed by atoms with Crippen LogP contribution in [0.4, 0.5) is 28.0 Å². The van der Waals surface area contributed by atoms with Gasteiger partial charge in [-0.15, -0.1) is 0 Å². The summed E-state index contributed by atoms with van der Waals surface area (Å²) in [5, 5.41) is 12.7. The fourth-order valence-corrected chi connectivity index (χ4v) is 3.92. The minimum absolute atomic E-state index is 0.0647. The lowest BCUT2D eigenvalue weighted by molar-refractivity contribution is -0.137. The van der Waals surface area contributed by atoms with Crippen molar-refractivity contribution in [2.24, 2.45) is 11.0 Å². The number of halogens is 4. The van der Waals surface area contributed by atoms with E-state index in [4.69, 9.17) is 0 Å². The molecule has 2 aromatic carbocycles. The van der Waals surface area contributed by atoms with Crippen LogP contribution in [-0.2, 0) is 11.7 Å². The van der Waals surface area contributed by atoms with Crippen LogP contribution < -0.4 is 5.32 Å². The van der Waals surface area contributed by atoms with E-state index in [1.807, 2.05) is 13.8 Å². The molecule has 0 bridgehead atoms. The number of hydrogen-bond acceptors (Lipinski definition) is 3. The van der Waals surface area contributed by atoms with Gasteiger partial charge in [-0.1, -0.05) is 26.0 Å². The van der Waals surface area contributed by atoms with E-state index < -0.39 is 29.1 Å². The van der Waals surface area contributed by atoms with E-state index in [2.05, 4.69) is 15.5 Å². The van der Waals surface area contributed by atoms with E-state index in [-0.39, 0.29) is 18.2 Å². The van der Waals surface area contributed by atoms with Gasteiger partial charge < -0.3 is 5.32 Å². The molecule has 10 heteroatoms. The predicted octanol–water partition coefficient (Wildman–Crippen LogP) is 5.34. The molecule has 0 saturated carbocycles. The van der Waals surface area contributed by atoms with E-state index in [0.29, 0.717) is 11.3 Å². The number of hydrazone groups is 1. The highest BCUT2D eigenvalue weighted by Crippen LogP contribution is 2.37. The van der Waals surface area contributed by atoms with E-state index in [1.54, 1.807) is 35.3 Å². The lowest BCUT2D eigenvalue weighted by Gasteiger charge is -2.35. The average molecular weight is 459 g/mol. The summed E-state index contributed by atoms with van der Waals surface area (Å²) in [5.41, 5.74) is -0.281. The lowest BCUT2D eigenvalue weighted by atomic mass is 9.79. The van der Waals surface area contributed by atoms with Gasteiger partial charge in [0.15, 0.2) is 0 Å². The van der Waals surface area contributed by atoms with Crippen LogP contribution in [0.5, 0.6) is 0 Å². The topological polar surface area (TPSA) is 62.5 Å². The Labute approximate surface area is 187 Å². The molecule has 1 unspecified atom stereocenters. The summed E-state index contributed by atoms with van der Waals surface area (Å²) in [6.07, 6.45) is -1.07. The molecular weight excluding hydrogens is 438 g/mol. The third-order valence-corrected chi connectivity index (χ3v) is 5.71. The Morgan fingerprint density at radius 1 is 1.09 bits per heavy atom. The van der Waals surface area contributed by atoms with Gasteiger partial charge >= 0.3 is 12.2 Å². The Bertz CT molecular complexity index is 1160. The van der Waals surface area contributed by atoms with Crippen molar-refractivity contribution in [3.05, 3.63) is 83.9 Å². The molecule has 0 aliphatic carbocycles. The van der Waals surface area contributed by atoms with Crippen LogP contribution in [-0.4, -0.2) is 33.1 Å². The summed E-state index contributed by atoms with van der Waals surface area (Å²) >= 11 is 0. The maximum absolute atomic E-state index is 13.5. The molecular formula is C23H21F4N5O. The molecule has 6 nitrogen and oxygen atoms in total. The van der Waals surface area contributed by atoms with Gasteiger partial charge in [0.1, 0.15) is 11.4 Å². The number of carbonyl (C=O) groups excluding carboxylic acids is 1. The number of hydrogen-bond donors (Lipinski definition) is 1. The zero-order valence-corrected chi connectivity index (χ0v) is 17.8. The standard InChI is InChI=1S/C23H21F4N5O/c1-15(2)22(32-13-3-12-28-32)14-31(30-20(22)16-4-8-18(24)9-5-16)21(33)29-19-10-6-17(7-11-19)23(25,26)27/h3-13,15H,14H2,1-2H3,(H,29,33). The molecule has 172 valence electrons. The van der Waals surface area contributed by atoms with E-state index in [1.165, 1.54) is 29.3 Å². The molecule has 1 aliphatic rings. The van der Waals surface area contributed by atoms with Gasteiger partial charge in [0, 0.05) is 23.6 Å². The molecule has 1 aliphatic heterocycles. The van der Waals surface area contributed by atoms with E-state index in [9.17, 15) is 22.4 Å². The number of carbonyl (C=O) groups is 1. The smallest absolute Gasteiger partial charge is 0.306 e. The summed E-state index contributed by atoms with van der Waals surface area (Å²) in [6.45, 7) is 4.07. The predicted molar refractivity (Wildman–Crippen MR) is 115 cm³/mol. The number of rotatable bonds is 4. The van der Waals surface area contributed by atoms with E-state index in [0.717, 1.165) is 12.1 Å². The third kappa shape index (κ3) is 4.20. The zero-order valence-electron chi connectivity index (χ0n) is 17.8. The number of benzene rings is 2. The van der Waals surface area contributed by atoms with Gasteiger partial charge in [-0.25, -0.2) is 14.2 Å². The Balaban J connectivity index is 1.68. The highest BCUT2D eigenvalue weighted by molar-refractivity contribution is 6.08. The lowest BCUT2D eigenvalue weighted by Crippen LogP contribution is -2.50. The van der Waals surface area contributed by atoms with Crippen LogP contribution in [0, 0.1) is 11.7 Å². The minimum Gasteiger partial charge on any atom is -0.306 e. The molecule has 33 heavy (non-hydrogen) atoms. The second-order valence-corrected chi connectivity index (χ2v) is 8.05. The van der Waals surface area contributed by atoms with Crippen molar-refractivity contribution in [3.8, 4) is 0 Å². The molecule has 0 spiro atoms. The molecule has 2 amide bonds. The number of urea groups is 1. The van der Waals surface area contributed by atoms with Crippen molar-refractivity contribution in [1.82, 2.24) is 14.8 Å². The second kappa shape index (κ2) is 8.34. The molecule has 0 fully saturated rings. The van der Waals surface area contributed by atoms with Crippen LogP contribution in [0.15, 0.2) is 72.1 Å². The first-order valence-electron chi connectivity index (χ1n) is 10.2. The Kier molecular flexibility index (Phi) is 5.69. The SMILES string of the molecule is CC(C)C1(n2cccn2)CN(C(=O)Nc2ccc(C(F)(F)F)cc2)N=C1c1ccc(F)cc1. The van der Waals surface area contributed by atoms with Crippen LogP contribution in [0.3, 0.4) is 0 Å². The molecule has 1 atom stereocenters. The van der Waals surface area contributed by atoms with Gasteiger partial charge in [-0.3, -0.25) is 4.68 Å². The first kappa shape index (κ1) is 22.5. The number of nitrogens with one attached hydrogen (secondary N) is 1. The van der Waals surface area contributed by atoms with Crippen molar-refractivity contribution in [3.63, 3.8) is 0 Å². The van der Waals surface area contributed by atoms with Crippen LogP contribution in [0.1, 0.15) is 25.0 Å². The first-order valence-corrected chi connectivity index (χ1v) is 10.2. The van der Waals surface area contributed by atoms with Crippen molar-refractivity contribution >= 4 is 17.4 Å². The van der Waals surface area contributed by atoms with Gasteiger partial charge in [0.25, 0.3) is 0 Å². The fourth-order valence-electron chi connectivity index (χ4n) is 3.92. The molecule has 2 heterocycles. The van der Waals surface area contributed by atoms with Gasteiger partial charge in [-0.2, -0.15) is 23.4 Å². The van der Waals surface area contributed by atoms with Gasteiger partial charge in [0.2, 0.25) is 0 Å². The minimum atomic E-state index is -4.47. The van der Waals surface area contributed by atoms with Crippen molar-refractivity contribution in [1.29, 1.82) is 0 Å². The van der Waals surface area contributed by atoms with Gasteiger partial charge in [0.05, 0.1) is 17.8 Å². The quantitative estimate of drug-likeness (QED) is 0.535. The van der Waals surface area contributed by atoms with Crippen LogP contribution in [0.2, 0.25) is 0 Å². The average Bonchev–Trinajstić information content (AvgIpc) is 3.43. The van der Waals surface area contributed by atoms with Crippen molar-refractivity contribution in [2.45, 2.75) is 25.6 Å². The number of nitrogens with zero attached hydrogens (tertiary/aromatic N) is 4. The Morgan fingerprint density at radius 2 is 1.76 bits per heavy atom. The largest absolute Gasteiger partial charge is 0.416 e. The number of amides is 2. The summed E-state index contributed by atoms with van der Waals surface area (Å²) in [4.78, 5) is 13.0. The first-order chi connectivity index (χ1) is 15.6. The molecule has 0 radical (unpaired) electrons. The Morgan fingerprint density at radius 3 is 2.30 bits per heavy atom. The summed E-state index contributed by atoms with van der Waals surface area (Å²) in [5.74, 6) is -0.464. The van der Waals surface area contributed by atoms with E-state index >= 15 is 0 Å². The summed E-state index contributed by atoms with van der Waals surface area (Å²) in [6, 6.07) is 11.1. The second-order valence-electron chi connectivity index (χ2n) is 8.05. The number of aromatic nitrogens is 2. The molecule has 1 N–H and O–H groups in total. The summed E-state index contributed by atoms with van der Waals surface area (Å²) in [7, 11) is 0.